The van der Waals surface area contributed by atoms with Gasteiger partial charge in [-0.15, -0.1) is 0 Å². The molecular formula is C12H28O19P2. The van der Waals surface area contributed by atoms with Crippen LogP contribution in [0.2, 0.25) is 0 Å². The molecule has 0 aliphatic rings. The molecule has 0 spiro atoms. The highest BCUT2D eigenvalue weighted by atomic mass is 31.2. The first-order valence-electron chi connectivity index (χ1n) is 8.18. The molecule has 0 aromatic carbocycles. The van der Waals surface area contributed by atoms with Gasteiger partial charge in [-0.05, 0) is 0 Å². The molecule has 0 amide bonds. The van der Waals surface area contributed by atoms with Crippen molar-refractivity contribution in [2.45, 2.75) is 36.6 Å². The number of aliphatic hydroxyl groups is 9. The summed E-state index contributed by atoms with van der Waals surface area (Å²) in [6.07, 6.45) is -11.0. The molecule has 6 unspecified atom stereocenters. The Bertz CT molecular complexity index is 636. The Balaban J connectivity index is -0.000000465. The molecule has 0 aliphatic heterocycles. The second-order valence-electron chi connectivity index (χ2n) is 5.74. The number of phosphoric ester groups is 1. The number of aliphatic hydroxyl groups excluding tert-OH is 9. The first-order chi connectivity index (χ1) is 14.7. The van der Waals surface area contributed by atoms with E-state index in [4.69, 9.17) is 75.0 Å². The first kappa shape index (κ1) is 36.8. The fraction of sp³-hybridized carbons (Fsp3) is 0.833. The minimum atomic E-state index is -4.85. The van der Waals surface area contributed by atoms with Gasteiger partial charge < -0.3 is 70.4 Å². The summed E-state index contributed by atoms with van der Waals surface area (Å²) in [5.41, 5.74) is 0. The molecule has 21 heteroatoms. The number of carbonyl (C=O) groups excluding carboxylic acids is 2. The molecular weight excluding hydrogens is 510 g/mol. The molecule has 0 aromatic rings. The van der Waals surface area contributed by atoms with Crippen LogP contribution in [0, 0.1) is 0 Å². The second kappa shape index (κ2) is 17.6. The number of hydrogen-bond donors (Lipinski definition) is 14. The van der Waals surface area contributed by atoms with E-state index in [9.17, 15) is 14.2 Å². The fourth-order valence-corrected chi connectivity index (χ4v) is 1.64. The van der Waals surface area contributed by atoms with Crippen molar-refractivity contribution < 1.29 is 93.7 Å². The van der Waals surface area contributed by atoms with Gasteiger partial charge in [0, 0.05) is 0 Å². The van der Waals surface area contributed by atoms with Crippen LogP contribution in [0.3, 0.4) is 0 Å². The van der Waals surface area contributed by atoms with Gasteiger partial charge in [-0.1, -0.05) is 0 Å². The van der Waals surface area contributed by atoms with Gasteiger partial charge in [0.05, 0.1) is 13.2 Å². The van der Waals surface area contributed by atoms with Gasteiger partial charge in [-0.25, -0.2) is 9.13 Å². The lowest BCUT2D eigenvalue weighted by molar-refractivity contribution is -0.143. The summed E-state index contributed by atoms with van der Waals surface area (Å²) in [4.78, 5) is 59.6. The third-order valence-corrected chi connectivity index (χ3v) is 3.47. The molecule has 6 atom stereocenters. The van der Waals surface area contributed by atoms with Gasteiger partial charge in [0.2, 0.25) is 0 Å². The lowest BCUT2D eigenvalue weighted by Gasteiger charge is -2.20. The smallest absolute Gasteiger partial charge is 0.394 e. The molecule has 0 rings (SSSR count). The van der Waals surface area contributed by atoms with Crippen LogP contribution in [0.1, 0.15) is 0 Å². The van der Waals surface area contributed by atoms with Gasteiger partial charge >= 0.3 is 15.6 Å². The third-order valence-electron chi connectivity index (χ3n) is 3.00. The fourth-order valence-electron chi connectivity index (χ4n) is 1.34. The molecule has 0 saturated carbocycles. The molecule has 0 aliphatic carbocycles. The molecule has 0 heterocycles. The molecule has 14 N–H and O–H groups in total. The summed E-state index contributed by atoms with van der Waals surface area (Å²) in [5, 5.41) is 78.5. The van der Waals surface area contributed by atoms with Crippen LogP contribution in [0.5, 0.6) is 0 Å². The van der Waals surface area contributed by atoms with Crippen molar-refractivity contribution in [1.82, 2.24) is 0 Å². The molecule has 0 saturated heterocycles. The highest BCUT2D eigenvalue weighted by Crippen LogP contribution is 2.35. The Morgan fingerprint density at radius 1 is 0.667 bits per heavy atom. The Labute approximate surface area is 184 Å². The van der Waals surface area contributed by atoms with Crippen LogP contribution in [-0.4, -0.2) is 145 Å². The van der Waals surface area contributed by atoms with E-state index in [1.54, 1.807) is 0 Å². The molecule has 0 aromatic heterocycles. The SMILES string of the molecule is O=C(CO)C(O)C(O)C(O)CO.O=C(COP(=O)(O)O)C(O)C(O)C(O)CO.O=P(O)(O)O. The molecule has 33 heavy (non-hydrogen) atoms. The van der Waals surface area contributed by atoms with E-state index in [0.717, 1.165) is 0 Å². The standard InChI is InChI=1S/C6H13O9P.C6H12O6.H3O4P/c7-1-3(8)5(10)6(11)4(9)2-15-16(12,13)14;7-1-3(9)5(11)6(12)4(10)2-8;1-5(2,3)4/h3,5-8,10-11H,1-2H2,(H2,12,13,14);3,5-9,11-12H,1-2H2;(H3,1,2,3,4). The second-order valence-corrected chi connectivity index (χ2v) is 8.00. The summed E-state index contributed by atoms with van der Waals surface area (Å²) < 4.78 is 22.9. The van der Waals surface area contributed by atoms with Gasteiger partial charge in [0.25, 0.3) is 0 Å². The monoisotopic (exact) mass is 538 g/mol. The lowest BCUT2D eigenvalue weighted by Crippen LogP contribution is -2.45. The number of rotatable bonds is 12. The zero-order chi connectivity index (χ0) is 27.2. The van der Waals surface area contributed by atoms with Crippen molar-refractivity contribution in [3.05, 3.63) is 0 Å². The average Bonchev–Trinajstić information content (AvgIpc) is 2.72. The Kier molecular flexibility index (Phi) is 19.6. The normalized spacial score (nSPS) is 17.2. The van der Waals surface area contributed by atoms with Crippen LogP contribution in [0.4, 0.5) is 0 Å². The highest BCUT2D eigenvalue weighted by Gasteiger charge is 2.31. The van der Waals surface area contributed by atoms with Crippen LogP contribution >= 0.6 is 15.6 Å². The van der Waals surface area contributed by atoms with Gasteiger partial charge in [0.1, 0.15) is 49.8 Å². The molecule has 0 fully saturated rings. The Morgan fingerprint density at radius 3 is 1.21 bits per heavy atom. The first-order valence-corrected chi connectivity index (χ1v) is 11.3. The van der Waals surface area contributed by atoms with E-state index >= 15 is 0 Å². The maximum absolute atomic E-state index is 11.0. The molecule has 0 radical (unpaired) electrons. The van der Waals surface area contributed by atoms with Crippen LogP contribution in [0.25, 0.3) is 0 Å². The number of ketones is 2. The molecule has 200 valence electrons. The van der Waals surface area contributed by atoms with Gasteiger partial charge in [-0.2, -0.15) is 0 Å². The number of hydrogen-bond acceptors (Lipinski definition) is 14. The van der Waals surface area contributed by atoms with E-state index in [0.29, 0.717) is 0 Å². The summed E-state index contributed by atoms with van der Waals surface area (Å²) >= 11 is 0. The van der Waals surface area contributed by atoms with E-state index in [1.807, 2.05) is 0 Å². The van der Waals surface area contributed by atoms with Crippen molar-refractivity contribution in [2.24, 2.45) is 0 Å². The number of carbonyl (C=O) groups is 2. The van der Waals surface area contributed by atoms with Crippen LogP contribution in [0.15, 0.2) is 0 Å². The predicted molar refractivity (Wildman–Crippen MR) is 99.6 cm³/mol. The van der Waals surface area contributed by atoms with Crippen molar-refractivity contribution in [2.75, 3.05) is 26.4 Å². The van der Waals surface area contributed by atoms with Crippen molar-refractivity contribution in [3.8, 4) is 0 Å². The maximum atomic E-state index is 11.0. The van der Waals surface area contributed by atoms with Crippen molar-refractivity contribution in [3.63, 3.8) is 0 Å². The van der Waals surface area contributed by atoms with E-state index in [2.05, 4.69) is 4.52 Å². The zero-order valence-corrected chi connectivity index (χ0v) is 18.3. The Hall–Kier alpha value is -0.800. The maximum Gasteiger partial charge on any atom is 0.470 e. The lowest BCUT2D eigenvalue weighted by atomic mass is 10.1. The molecule has 0 bridgehead atoms. The van der Waals surface area contributed by atoms with E-state index in [-0.39, 0.29) is 0 Å². The van der Waals surface area contributed by atoms with Crippen LogP contribution < -0.4 is 0 Å². The largest absolute Gasteiger partial charge is 0.470 e. The zero-order valence-electron chi connectivity index (χ0n) is 16.5. The predicted octanol–water partition coefficient (Wildman–Crippen LogP) is -7.57. The number of phosphoric acid groups is 2. The quantitative estimate of drug-likeness (QED) is 0.103. The molecule has 19 nitrogen and oxygen atoms in total. The summed E-state index contributed by atoms with van der Waals surface area (Å²) in [5.74, 6) is -2.24. The van der Waals surface area contributed by atoms with Crippen molar-refractivity contribution in [1.29, 1.82) is 0 Å². The Morgan fingerprint density at radius 2 is 0.970 bits per heavy atom. The van der Waals surface area contributed by atoms with Gasteiger partial charge in [0.15, 0.2) is 11.6 Å². The van der Waals surface area contributed by atoms with Crippen molar-refractivity contribution >= 4 is 27.2 Å². The summed E-state index contributed by atoms with van der Waals surface area (Å²) in [7, 11) is -9.48. The van der Waals surface area contributed by atoms with Crippen LogP contribution in [-0.2, 0) is 23.2 Å². The van der Waals surface area contributed by atoms with E-state index < -0.39 is 90.3 Å². The minimum absolute atomic E-state index is 0.767. The van der Waals surface area contributed by atoms with Gasteiger partial charge in [-0.3, -0.25) is 14.1 Å². The summed E-state index contributed by atoms with van der Waals surface area (Å²) in [6, 6.07) is 0. The minimum Gasteiger partial charge on any atom is -0.394 e. The highest BCUT2D eigenvalue weighted by molar-refractivity contribution is 7.46. The average molecular weight is 538 g/mol. The number of Topliss-reactive ketones (excluding diaryl/α,β-unsaturated/α-hetero) is 2. The van der Waals surface area contributed by atoms with E-state index in [1.165, 1.54) is 0 Å². The third kappa shape index (κ3) is 21.5. The summed E-state index contributed by atoms with van der Waals surface area (Å²) in [6.45, 7) is -3.70. The topological polar surface area (TPSA) is 361 Å².